The topological polar surface area (TPSA) is 41.6 Å². The van der Waals surface area contributed by atoms with Gasteiger partial charge in [-0.2, -0.15) is 0 Å². The molecule has 0 aromatic rings. The zero-order valence-electron chi connectivity index (χ0n) is 8.34. The monoisotopic (exact) mass is 220 g/mol. The fourth-order valence-corrected chi connectivity index (χ4v) is 1.67. The molecule has 1 atom stereocenters. The Bertz CT molecular complexity index is 254. The van der Waals surface area contributed by atoms with Gasteiger partial charge in [0.1, 0.15) is 0 Å². The third kappa shape index (κ3) is 2.19. The lowest BCUT2D eigenvalue weighted by molar-refractivity contribution is -0.179. The molecule has 1 unspecified atom stereocenters. The van der Waals surface area contributed by atoms with Crippen molar-refractivity contribution in [2.24, 2.45) is 0 Å². The van der Waals surface area contributed by atoms with Gasteiger partial charge in [-0.05, 0) is 6.42 Å². The Balaban J connectivity index is 1.81. The Hall–Kier alpha value is -0.910. The average Bonchev–Trinajstić information content (AvgIpc) is 2.25. The predicted molar refractivity (Wildman–Crippen MR) is 48.9 cm³/mol. The van der Waals surface area contributed by atoms with Crippen LogP contribution in [0, 0.1) is 0 Å². The van der Waals surface area contributed by atoms with E-state index in [0.717, 1.165) is 0 Å². The van der Waals surface area contributed by atoms with Crippen molar-refractivity contribution in [2.45, 2.75) is 24.9 Å². The Kier molecular flexibility index (Phi) is 2.77. The summed E-state index contributed by atoms with van der Waals surface area (Å²) in [6.07, 6.45) is -1.72. The number of hydrogen-bond acceptors (Lipinski definition) is 3. The highest BCUT2D eigenvalue weighted by atomic mass is 19.3. The minimum absolute atomic E-state index is 0.174. The van der Waals surface area contributed by atoms with Crippen molar-refractivity contribution in [3.63, 3.8) is 0 Å². The molecule has 15 heavy (non-hydrogen) atoms. The number of nitrogens with one attached hydrogen (secondary N) is 1. The number of ether oxygens (including phenoxy) is 1. The first-order chi connectivity index (χ1) is 7.09. The van der Waals surface area contributed by atoms with Crippen molar-refractivity contribution in [3.8, 4) is 0 Å². The van der Waals surface area contributed by atoms with Crippen LogP contribution in [-0.2, 0) is 4.74 Å². The first-order valence-corrected chi connectivity index (χ1v) is 5.14. The number of carbonyl (C=O) groups is 1. The largest absolute Gasteiger partial charge is 0.440 e. The van der Waals surface area contributed by atoms with E-state index < -0.39 is 18.1 Å². The minimum atomic E-state index is -2.82. The molecule has 0 aromatic heterocycles. The number of amides is 1. The molecular formula is C9H14F2N2O2. The van der Waals surface area contributed by atoms with Crippen molar-refractivity contribution in [1.29, 1.82) is 0 Å². The highest BCUT2D eigenvalue weighted by molar-refractivity contribution is 5.68. The van der Waals surface area contributed by atoms with Crippen LogP contribution in [0.5, 0.6) is 0 Å². The second kappa shape index (κ2) is 3.92. The molecule has 6 heteroatoms. The first kappa shape index (κ1) is 10.6. The second-order valence-corrected chi connectivity index (χ2v) is 3.91. The van der Waals surface area contributed by atoms with Gasteiger partial charge in [-0.1, -0.05) is 0 Å². The maximum absolute atomic E-state index is 12.8. The summed E-state index contributed by atoms with van der Waals surface area (Å²) in [4.78, 5) is 12.9. The van der Waals surface area contributed by atoms with E-state index in [9.17, 15) is 13.6 Å². The lowest BCUT2D eigenvalue weighted by atomic mass is 9.91. The van der Waals surface area contributed by atoms with E-state index in [1.165, 1.54) is 4.90 Å². The molecule has 1 amide bonds. The van der Waals surface area contributed by atoms with Gasteiger partial charge in [0, 0.05) is 32.6 Å². The fraction of sp³-hybridized carbons (Fsp3) is 0.889. The summed E-state index contributed by atoms with van der Waals surface area (Å²) >= 11 is 0. The zero-order chi connectivity index (χ0) is 10.9. The summed E-state index contributed by atoms with van der Waals surface area (Å²) in [6.45, 7) is 2.43. The Morgan fingerprint density at radius 3 is 2.53 bits per heavy atom. The van der Waals surface area contributed by atoms with E-state index in [1.54, 1.807) is 0 Å². The zero-order valence-corrected chi connectivity index (χ0v) is 8.34. The van der Waals surface area contributed by atoms with Gasteiger partial charge in [-0.3, -0.25) is 0 Å². The van der Waals surface area contributed by atoms with E-state index in [-0.39, 0.29) is 12.8 Å². The highest BCUT2D eigenvalue weighted by Crippen LogP contribution is 2.40. The molecule has 0 bridgehead atoms. The molecule has 0 aromatic carbocycles. The maximum atomic E-state index is 12.8. The van der Waals surface area contributed by atoms with Crippen LogP contribution in [-0.4, -0.2) is 49.2 Å². The van der Waals surface area contributed by atoms with Gasteiger partial charge in [-0.25, -0.2) is 13.6 Å². The van der Waals surface area contributed by atoms with Gasteiger partial charge >= 0.3 is 6.09 Å². The number of carbonyl (C=O) groups excluding carboxylic acids is 1. The third-order valence-corrected chi connectivity index (χ3v) is 2.83. The summed E-state index contributed by atoms with van der Waals surface area (Å²) in [6, 6.07) is 0. The molecule has 1 aliphatic carbocycles. The number of hydrogen-bond donors (Lipinski definition) is 1. The van der Waals surface area contributed by atoms with Crippen LogP contribution in [0.4, 0.5) is 13.6 Å². The molecule has 4 nitrogen and oxygen atoms in total. The van der Waals surface area contributed by atoms with Crippen LogP contribution in [0.25, 0.3) is 0 Å². The fourth-order valence-electron chi connectivity index (χ4n) is 1.67. The van der Waals surface area contributed by atoms with Crippen molar-refractivity contribution < 1.29 is 18.3 Å². The molecule has 1 saturated heterocycles. The Labute approximate surface area is 86.6 Å². The molecule has 1 aliphatic heterocycles. The quantitative estimate of drug-likeness (QED) is 0.711. The van der Waals surface area contributed by atoms with Crippen molar-refractivity contribution in [2.75, 3.05) is 26.2 Å². The Morgan fingerprint density at radius 2 is 2.07 bits per heavy atom. The number of piperazine rings is 1. The molecule has 1 heterocycles. The highest BCUT2D eigenvalue weighted by Gasteiger charge is 2.51. The van der Waals surface area contributed by atoms with Crippen molar-refractivity contribution in [3.05, 3.63) is 0 Å². The lowest BCUT2D eigenvalue weighted by Crippen LogP contribution is -2.52. The molecule has 2 aliphatic rings. The van der Waals surface area contributed by atoms with Crippen LogP contribution in [0.2, 0.25) is 0 Å². The second-order valence-electron chi connectivity index (χ2n) is 3.91. The molecule has 86 valence electrons. The Morgan fingerprint density at radius 1 is 1.40 bits per heavy atom. The lowest BCUT2D eigenvalue weighted by Gasteiger charge is -2.37. The van der Waals surface area contributed by atoms with Gasteiger partial charge in [0.2, 0.25) is 0 Å². The van der Waals surface area contributed by atoms with Gasteiger partial charge < -0.3 is 15.0 Å². The van der Waals surface area contributed by atoms with Crippen LogP contribution < -0.4 is 5.32 Å². The molecule has 1 N–H and O–H groups in total. The van der Waals surface area contributed by atoms with Crippen LogP contribution in [0.15, 0.2) is 0 Å². The van der Waals surface area contributed by atoms with Gasteiger partial charge in [0.05, 0.1) is 0 Å². The van der Waals surface area contributed by atoms with Crippen LogP contribution in [0.1, 0.15) is 12.8 Å². The van der Waals surface area contributed by atoms with Crippen LogP contribution >= 0.6 is 0 Å². The third-order valence-electron chi connectivity index (χ3n) is 2.83. The molecule has 2 rings (SSSR count). The number of nitrogens with zero attached hydrogens (tertiary/aromatic N) is 1. The van der Waals surface area contributed by atoms with E-state index in [1.807, 2.05) is 0 Å². The number of halogens is 2. The number of rotatable bonds is 1. The van der Waals surface area contributed by atoms with Crippen molar-refractivity contribution in [1.82, 2.24) is 10.2 Å². The average molecular weight is 220 g/mol. The summed E-state index contributed by atoms with van der Waals surface area (Å²) in [5, 5.41) is 3.07. The summed E-state index contributed by atoms with van der Waals surface area (Å²) in [7, 11) is 0. The van der Waals surface area contributed by atoms with Crippen LogP contribution in [0.3, 0.4) is 0 Å². The summed E-state index contributed by atoms with van der Waals surface area (Å²) in [5.74, 6) is -2.82. The van der Waals surface area contributed by atoms with E-state index in [0.29, 0.717) is 26.2 Å². The molecule has 0 spiro atoms. The minimum Gasteiger partial charge on any atom is -0.440 e. The first-order valence-electron chi connectivity index (χ1n) is 5.14. The summed E-state index contributed by atoms with van der Waals surface area (Å²) < 4.78 is 30.4. The SMILES string of the molecule is O=C(OC1CCC1(F)F)N1CCNCC1. The van der Waals surface area contributed by atoms with Crippen molar-refractivity contribution >= 4 is 6.09 Å². The molecule has 2 fully saturated rings. The smallest absolute Gasteiger partial charge is 0.410 e. The summed E-state index contributed by atoms with van der Waals surface area (Å²) in [5.41, 5.74) is 0. The predicted octanol–water partition coefficient (Wildman–Crippen LogP) is 0.826. The molecular weight excluding hydrogens is 206 g/mol. The van der Waals surface area contributed by atoms with Gasteiger partial charge in [0.15, 0.2) is 6.10 Å². The van der Waals surface area contributed by atoms with Gasteiger partial charge in [0.25, 0.3) is 5.92 Å². The normalized spacial score (nSPS) is 29.5. The standard InChI is InChI=1S/C9H14F2N2O2/c10-9(11)2-1-7(9)15-8(14)13-5-3-12-4-6-13/h7,12H,1-6H2. The molecule has 0 radical (unpaired) electrons. The maximum Gasteiger partial charge on any atom is 0.410 e. The number of alkyl halides is 2. The molecule has 1 saturated carbocycles. The van der Waals surface area contributed by atoms with E-state index >= 15 is 0 Å². The van der Waals surface area contributed by atoms with E-state index in [4.69, 9.17) is 4.74 Å². The van der Waals surface area contributed by atoms with Gasteiger partial charge in [-0.15, -0.1) is 0 Å². The van der Waals surface area contributed by atoms with E-state index in [2.05, 4.69) is 5.32 Å².